The van der Waals surface area contributed by atoms with Gasteiger partial charge in [-0.1, -0.05) is 37.0 Å². The molecule has 0 amide bonds. The van der Waals surface area contributed by atoms with E-state index in [1.807, 2.05) is 0 Å². The normalized spacial score (nSPS) is 10.9. The zero-order chi connectivity index (χ0) is 9.94. The van der Waals surface area contributed by atoms with Crippen LogP contribution in [0.4, 0.5) is 0 Å². The van der Waals surface area contributed by atoms with Gasteiger partial charge in [-0.3, -0.25) is 0 Å². The van der Waals surface area contributed by atoms with Crippen LogP contribution in [-0.4, -0.2) is 0 Å². The van der Waals surface area contributed by atoms with Crippen LogP contribution < -0.4 is 0 Å². The van der Waals surface area contributed by atoms with Crippen LogP contribution in [0.5, 0.6) is 0 Å². The van der Waals surface area contributed by atoms with Gasteiger partial charge in [-0.05, 0) is 39.5 Å². The summed E-state index contributed by atoms with van der Waals surface area (Å²) in [5.74, 6) is 0. The minimum absolute atomic E-state index is 1.22. The van der Waals surface area contributed by atoms with Crippen molar-refractivity contribution in [3.8, 4) is 0 Å². The number of rotatable bonds is 8. The first-order valence-electron chi connectivity index (χ1n) is 5.53. The predicted octanol–water partition coefficient (Wildman–Crippen LogP) is 4.87. The first-order chi connectivity index (χ1) is 6.27. The van der Waals surface area contributed by atoms with Gasteiger partial charge in [0.2, 0.25) is 0 Å². The summed E-state index contributed by atoms with van der Waals surface area (Å²) in [7, 11) is 0. The predicted molar refractivity (Wildman–Crippen MR) is 61.9 cm³/mol. The Morgan fingerprint density at radius 1 is 1.08 bits per heavy atom. The SMILES string of the molecule is C=C(C)CCCCCCCC=CC. The molecule has 0 aromatic carbocycles. The topological polar surface area (TPSA) is 0 Å². The van der Waals surface area contributed by atoms with Crippen molar-refractivity contribution in [2.24, 2.45) is 0 Å². The lowest BCUT2D eigenvalue weighted by atomic mass is 10.1. The average molecular weight is 180 g/mol. The molecule has 0 aromatic rings. The Bertz CT molecular complexity index is 142. The van der Waals surface area contributed by atoms with Crippen molar-refractivity contribution < 1.29 is 0 Å². The summed E-state index contributed by atoms with van der Waals surface area (Å²) < 4.78 is 0. The van der Waals surface area contributed by atoms with Crippen molar-refractivity contribution in [1.82, 2.24) is 0 Å². The van der Waals surface area contributed by atoms with Crippen LogP contribution in [-0.2, 0) is 0 Å². The third-order valence-corrected chi connectivity index (χ3v) is 2.21. The summed E-state index contributed by atoms with van der Waals surface area (Å²) in [6.07, 6.45) is 13.7. The average Bonchev–Trinajstić information content (AvgIpc) is 2.09. The van der Waals surface area contributed by atoms with Gasteiger partial charge in [0.15, 0.2) is 0 Å². The lowest BCUT2D eigenvalue weighted by Crippen LogP contribution is -1.80. The zero-order valence-corrected chi connectivity index (χ0v) is 9.31. The maximum absolute atomic E-state index is 3.90. The van der Waals surface area contributed by atoms with E-state index in [2.05, 4.69) is 32.6 Å². The van der Waals surface area contributed by atoms with Crippen molar-refractivity contribution >= 4 is 0 Å². The first kappa shape index (κ1) is 12.5. The summed E-state index contributed by atoms with van der Waals surface area (Å²) in [4.78, 5) is 0. The van der Waals surface area contributed by atoms with Crippen LogP contribution in [0.15, 0.2) is 24.3 Å². The highest BCUT2D eigenvalue weighted by atomic mass is 14.0. The standard InChI is InChI=1S/C13H24/c1-4-5-6-7-8-9-10-11-12-13(2)3/h4-5H,2,6-12H2,1,3H3. The molecule has 0 bridgehead atoms. The molecule has 76 valence electrons. The van der Waals surface area contributed by atoms with Gasteiger partial charge < -0.3 is 0 Å². The van der Waals surface area contributed by atoms with E-state index in [1.165, 1.54) is 50.5 Å². The van der Waals surface area contributed by atoms with Gasteiger partial charge in [0.1, 0.15) is 0 Å². The van der Waals surface area contributed by atoms with Gasteiger partial charge in [0.25, 0.3) is 0 Å². The third-order valence-electron chi connectivity index (χ3n) is 2.21. The lowest BCUT2D eigenvalue weighted by molar-refractivity contribution is 0.616. The van der Waals surface area contributed by atoms with Crippen molar-refractivity contribution in [3.63, 3.8) is 0 Å². The summed E-state index contributed by atoms with van der Waals surface area (Å²) >= 11 is 0. The Morgan fingerprint density at radius 2 is 1.69 bits per heavy atom. The molecule has 0 heteroatoms. The molecule has 0 radical (unpaired) electrons. The monoisotopic (exact) mass is 180 g/mol. The molecule has 0 heterocycles. The number of unbranched alkanes of at least 4 members (excludes halogenated alkanes) is 5. The zero-order valence-electron chi connectivity index (χ0n) is 9.31. The van der Waals surface area contributed by atoms with Crippen LogP contribution in [0, 0.1) is 0 Å². The summed E-state index contributed by atoms with van der Waals surface area (Å²) in [5.41, 5.74) is 1.33. The fourth-order valence-corrected chi connectivity index (χ4v) is 1.39. The van der Waals surface area contributed by atoms with Gasteiger partial charge in [-0.25, -0.2) is 0 Å². The van der Waals surface area contributed by atoms with Crippen LogP contribution in [0.3, 0.4) is 0 Å². The third kappa shape index (κ3) is 11.5. The molecular formula is C13H24. The largest absolute Gasteiger partial charge is 0.100 e. The highest BCUT2D eigenvalue weighted by molar-refractivity contribution is 4.87. The van der Waals surface area contributed by atoms with E-state index in [9.17, 15) is 0 Å². The maximum Gasteiger partial charge on any atom is -0.0326 e. The van der Waals surface area contributed by atoms with Gasteiger partial charge in [-0.15, -0.1) is 6.58 Å². The Balaban J connectivity index is 2.95. The highest BCUT2D eigenvalue weighted by Crippen LogP contribution is 2.10. The fraction of sp³-hybridized carbons (Fsp3) is 0.692. The van der Waals surface area contributed by atoms with Crippen LogP contribution in [0.2, 0.25) is 0 Å². The highest BCUT2D eigenvalue weighted by Gasteiger charge is 1.90. The molecular weight excluding hydrogens is 156 g/mol. The Morgan fingerprint density at radius 3 is 2.31 bits per heavy atom. The second kappa shape index (κ2) is 9.57. The van der Waals surface area contributed by atoms with Gasteiger partial charge in [0.05, 0.1) is 0 Å². The van der Waals surface area contributed by atoms with E-state index < -0.39 is 0 Å². The first-order valence-corrected chi connectivity index (χ1v) is 5.53. The molecule has 0 unspecified atom stereocenters. The molecule has 0 atom stereocenters. The number of allylic oxidation sites excluding steroid dienone is 3. The minimum Gasteiger partial charge on any atom is -0.100 e. The Labute approximate surface area is 83.7 Å². The van der Waals surface area contributed by atoms with Gasteiger partial charge >= 0.3 is 0 Å². The molecule has 0 nitrogen and oxygen atoms in total. The number of hydrogen-bond donors (Lipinski definition) is 0. The Kier molecular flexibility index (Phi) is 9.18. The molecule has 13 heavy (non-hydrogen) atoms. The van der Waals surface area contributed by atoms with Crippen molar-refractivity contribution in [2.75, 3.05) is 0 Å². The molecule has 0 aliphatic rings. The molecule has 0 saturated heterocycles. The van der Waals surface area contributed by atoms with E-state index in [1.54, 1.807) is 0 Å². The van der Waals surface area contributed by atoms with Crippen LogP contribution in [0.1, 0.15) is 58.8 Å². The smallest absolute Gasteiger partial charge is 0.0326 e. The quantitative estimate of drug-likeness (QED) is 0.369. The van der Waals surface area contributed by atoms with E-state index >= 15 is 0 Å². The van der Waals surface area contributed by atoms with Crippen molar-refractivity contribution in [3.05, 3.63) is 24.3 Å². The molecule has 0 N–H and O–H groups in total. The van der Waals surface area contributed by atoms with E-state index in [0.717, 1.165) is 0 Å². The minimum atomic E-state index is 1.22. The number of hydrogen-bond acceptors (Lipinski definition) is 0. The molecule has 0 rings (SSSR count). The van der Waals surface area contributed by atoms with Crippen molar-refractivity contribution in [1.29, 1.82) is 0 Å². The summed E-state index contributed by atoms with van der Waals surface area (Å²) in [6, 6.07) is 0. The van der Waals surface area contributed by atoms with Crippen LogP contribution in [0.25, 0.3) is 0 Å². The summed E-state index contributed by atoms with van der Waals surface area (Å²) in [6.45, 7) is 8.11. The second-order valence-electron chi connectivity index (χ2n) is 3.83. The van der Waals surface area contributed by atoms with E-state index in [-0.39, 0.29) is 0 Å². The molecule has 0 spiro atoms. The summed E-state index contributed by atoms with van der Waals surface area (Å²) in [5, 5.41) is 0. The maximum atomic E-state index is 3.90. The second-order valence-corrected chi connectivity index (χ2v) is 3.83. The Hall–Kier alpha value is -0.520. The molecule has 0 saturated carbocycles. The van der Waals surface area contributed by atoms with Crippen LogP contribution >= 0.6 is 0 Å². The van der Waals surface area contributed by atoms with Gasteiger partial charge in [0, 0.05) is 0 Å². The lowest BCUT2D eigenvalue weighted by Gasteiger charge is -2.00. The fourth-order valence-electron chi connectivity index (χ4n) is 1.39. The van der Waals surface area contributed by atoms with Gasteiger partial charge in [-0.2, -0.15) is 0 Å². The van der Waals surface area contributed by atoms with E-state index in [4.69, 9.17) is 0 Å². The van der Waals surface area contributed by atoms with Crippen molar-refractivity contribution in [2.45, 2.75) is 58.8 Å². The molecule has 0 fully saturated rings. The van der Waals surface area contributed by atoms with E-state index in [0.29, 0.717) is 0 Å². The molecule has 0 aliphatic carbocycles. The molecule has 0 aliphatic heterocycles. The molecule has 0 aromatic heterocycles.